The van der Waals surface area contributed by atoms with Crippen molar-refractivity contribution in [3.05, 3.63) is 0 Å². The van der Waals surface area contributed by atoms with Crippen molar-refractivity contribution in [2.24, 2.45) is 11.8 Å². The number of hydrogen-bond acceptors (Lipinski definition) is 3. The molecule has 0 bridgehead atoms. The Kier molecular flexibility index (Phi) is 3.45. The maximum absolute atomic E-state index is 11.7. The van der Waals surface area contributed by atoms with Gasteiger partial charge in [-0.15, -0.1) is 0 Å². The fraction of sp³-hybridized carbons (Fsp3) is 0.833. The predicted octanol–water partition coefficient (Wildman–Crippen LogP) is 0.700. The minimum absolute atomic E-state index is 0.0526. The van der Waals surface area contributed by atoms with E-state index in [1.54, 1.807) is 0 Å². The normalized spacial score (nSPS) is 31.8. The summed E-state index contributed by atoms with van der Waals surface area (Å²) in [6.07, 6.45) is 2.48. The Labute approximate surface area is 96.8 Å². The van der Waals surface area contributed by atoms with Crippen LogP contribution >= 0.6 is 0 Å². The Morgan fingerprint density at radius 1 is 1.44 bits per heavy atom. The first kappa shape index (κ1) is 11.4. The van der Waals surface area contributed by atoms with Gasteiger partial charge in [0.15, 0.2) is 0 Å². The van der Waals surface area contributed by atoms with Crippen molar-refractivity contribution in [1.82, 2.24) is 9.80 Å². The molecule has 0 radical (unpaired) electrons. The number of nitrogens with zero attached hydrogens (tertiary/aromatic N) is 3. The molecule has 0 aromatic heterocycles. The van der Waals surface area contributed by atoms with Crippen LogP contribution in [0.1, 0.15) is 19.3 Å². The molecule has 16 heavy (non-hydrogen) atoms. The average Bonchev–Trinajstić information content (AvgIpc) is 2.67. The van der Waals surface area contributed by atoms with Crippen molar-refractivity contribution >= 4 is 5.91 Å². The third-order valence-corrected chi connectivity index (χ3v) is 3.65. The van der Waals surface area contributed by atoms with Gasteiger partial charge in [-0.3, -0.25) is 4.79 Å². The molecule has 2 fully saturated rings. The maximum atomic E-state index is 11.7. The quantitative estimate of drug-likeness (QED) is 0.689. The zero-order valence-corrected chi connectivity index (χ0v) is 9.85. The summed E-state index contributed by atoms with van der Waals surface area (Å²) in [5.41, 5.74) is 0. The van der Waals surface area contributed by atoms with Gasteiger partial charge in [0.05, 0.1) is 12.0 Å². The van der Waals surface area contributed by atoms with Crippen molar-refractivity contribution < 1.29 is 4.79 Å². The number of carbonyl (C=O) groups excluding carboxylic acids is 1. The SMILES string of the molecule is CN1CCC(CN2CC(C#N)CCC2=O)C1. The molecule has 2 unspecified atom stereocenters. The first-order valence-electron chi connectivity index (χ1n) is 6.05. The molecule has 2 aliphatic heterocycles. The molecular weight excluding hydrogens is 202 g/mol. The number of carbonyl (C=O) groups is 1. The highest BCUT2D eigenvalue weighted by atomic mass is 16.2. The smallest absolute Gasteiger partial charge is 0.222 e. The van der Waals surface area contributed by atoms with Crippen LogP contribution in [0.2, 0.25) is 0 Å². The van der Waals surface area contributed by atoms with Gasteiger partial charge >= 0.3 is 0 Å². The van der Waals surface area contributed by atoms with E-state index in [2.05, 4.69) is 18.0 Å². The van der Waals surface area contributed by atoms with Crippen LogP contribution in [0, 0.1) is 23.2 Å². The Bertz CT molecular complexity index is 310. The summed E-state index contributed by atoms with van der Waals surface area (Å²) in [7, 11) is 2.12. The molecule has 1 amide bonds. The van der Waals surface area contributed by atoms with Crippen molar-refractivity contribution in [2.75, 3.05) is 33.2 Å². The number of likely N-dealkylation sites (tertiary alicyclic amines) is 2. The summed E-state index contributed by atoms with van der Waals surface area (Å²) in [5, 5.41) is 8.90. The molecule has 0 spiro atoms. The predicted molar refractivity (Wildman–Crippen MR) is 60.5 cm³/mol. The molecular formula is C12H19N3O. The second-order valence-corrected chi connectivity index (χ2v) is 5.08. The van der Waals surface area contributed by atoms with Gasteiger partial charge < -0.3 is 9.80 Å². The van der Waals surface area contributed by atoms with E-state index in [1.165, 1.54) is 6.42 Å². The molecule has 0 saturated carbocycles. The van der Waals surface area contributed by atoms with E-state index < -0.39 is 0 Å². The van der Waals surface area contributed by atoms with Crippen LogP contribution in [0.3, 0.4) is 0 Å². The van der Waals surface area contributed by atoms with E-state index in [0.717, 1.165) is 26.1 Å². The standard InChI is InChI=1S/C12H19N3O/c1-14-5-4-11(7-14)9-15-8-10(6-13)2-3-12(15)16/h10-11H,2-5,7-9H2,1H3. The van der Waals surface area contributed by atoms with Gasteiger partial charge in [0, 0.05) is 26.1 Å². The molecule has 0 N–H and O–H groups in total. The molecule has 2 atom stereocenters. The van der Waals surface area contributed by atoms with Gasteiger partial charge in [0.1, 0.15) is 0 Å². The Morgan fingerprint density at radius 2 is 2.25 bits per heavy atom. The Balaban J connectivity index is 1.88. The Hall–Kier alpha value is -1.08. The lowest BCUT2D eigenvalue weighted by Gasteiger charge is -2.31. The van der Waals surface area contributed by atoms with Crippen LogP contribution < -0.4 is 0 Å². The average molecular weight is 221 g/mol. The van der Waals surface area contributed by atoms with Crippen LogP contribution in [-0.2, 0) is 4.79 Å². The topological polar surface area (TPSA) is 47.3 Å². The van der Waals surface area contributed by atoms with Crippen molar-refractivity contribution in [3.8, 4) is 6.07 Å². The monoisotopic (exact) mass is 221 g/mol. The van der Waals surface area contributed by atoms with Gasteiger partial charge in [0.25, 0.3) is 0 Å². The summed E-state index contributed by atoms with van der Waals surface area (Å²) in [6.45, 7) is 3.71. The maximum Gasteiger partial charge on any atom is 0.222 e. The van der Waals surface area contributed by atoms with E-state index in [4.69, 9.17) is 5.26 Å². The first-order chi connectivity index (χ1) is 7.69. The van der Waals surface area contributed by atoms with Crippen LogP contribution in [0.4, 0.5) is 0 Å². The summed E-state index contributed by atoms with van der Waals surface area (Å²) < 4.78 is 0. The van der Waals surface area contributed by atoms with Crippen molar-refractivity contribution in [2.45, 2.75) is 19.3 Å². The Morgan fingerprint density at radius 3 is 2.88 bits per heavy atom. The second kappa shape index (κ2) is 4.84. The molecule has 2 rings (SSSR count). The van der Waals surface area contributed by atoms with Gasteiger partial charge in [-0.25, -0.2) is 0 Å². The largest absolute Gasteiger partial charge is 0.341 e. The summed E-state index contributed by atoms with van der Waals surface area (Å²) in [6, 6.07) is 2.28. The molecule has 0 aromatic carbocycles. The molecule has 4 nitrogen and oxygen atoms in total. The fourth-order valence-electron chi connectivity index (χ4n) is 2.68. The van der Waals surface area contributed by atoms with Gasteiger partial charge in [-0.1, -0.05) is 0 Å². The van der Waals surface area contributed by atoms with Crippen LogP contribution in [0.25, 0.3) is 0 Å². The van der Waals surface area contributed by atoms with E-state index in [9.17, 15) is 4.79 Å². The number of amides is 1. The second-order valence-electron chi connectivity index (χ2n) is 5.08. The van der Waals surface area contributed by atoms with Gasteiger partial charge in [-0.05, 0) is 32.4 Å². The minimum Gasteiger partial charge on any atom is -0.341 e. The molecule has 0 aromatic rings. The lowest BCUT2D eigenvalue weighted by molar-refractivity contribution is -0.134. The number of rotatable bonds is 2. The molecule has 0 aliphatic carbocycles. The highest BCUT2D eigenvalue weighted by molar-refractivity contribution is 5.77. The molecule has 2 heterocycles. The highest BCUT2D eigenvalue weighted by Crippen LogP contribution is 2.21. The lowest BCUT2D eigenvalue weighted by atomic mass is 9.97. The third kappa shape index (κ3) is 2.53. The minimum atomic E-state index is 0.0526. The highest BCUT2D eigenvalue weighted by Gasteiger charge is 2.29. The van der Waals surface area contributed by atoms with Crippen LogP contribution in [-0.4, -0.2) is 48.9 Å². The number of piperidine rings is 1. The van der Waals surface area contributed by atoms with E-state index in [1.807, 2.05) is 4.90 Å². The van der Waals surface area contributed by atoms with Gasteiger partial charge in [0.2, 0.25) is 5.91 Å². The number of nitriles is 1. The van der Waals surface area contributed by atoms with E-state index in [-0.39, 0.29) is 11.8 Å². The summed E-state index contributed by atoms with van der Waals surface area (Å²) >= 11 is 0. The van der Waals surface area contributed by atoms with Crippen LogP contribution in [0.15, 0.2) is 0 Å². The molecule has 4 heteroatoms. The summed E-state index contributed by atoms with van der Waals surface area (Å²) in [4.78, 5) is 15.9. The van der Waals surface area contributed by atoms with Crippen LogP contribution in [0.5, 0.6) is 0 Å². The summed E-state index contributed by atoms with van der Waals surface area (Å²) in [5.74, 6) is 0.893. The lowest BCUT2D eigenvalue weighted by Crippen LogP contribution is -2.42. The molecule has 2 aliphatic rings. The zero-order chi connectivity index (χ0) is 11.5. The van der Waals surface area contributed by atoms with Gasteiger partial charge in [-0.2, -0.15) is 5.26 Å². The van der Waals surface area contributed by atoms with Crippen molar-refractivity contribution in [3.63, 3.8) is 0 Å². The van der Waals surface area contributed by atoms with E-state index in [0.29, 0.717) is 18.9 Å². The fourth-order valence-corrected chi connectivity index (χ4v) is 2.68. The zero-order valence-electron chi connectivity index (χ0n) is 9.85. The molecule has 2 saturated heterocycles. The molecule has 88 valence electrons. The van der Waals surface area contributed by atoms with Crippen molar-refractivity contribution in [1.29, 1.82) is 5.26 Å². The van der Waals surface area contributed by atoms with E-state index >= 15 is 0 Å². The first-order valence-corrected chi connectivity index (χ1v) is 6.05. The number of hydrogen-bond donors (Lipinski definition) is 0. The third-order valence-electron chi connectivity index (χ3n) is 3.65.